The van der Waals surface area contributed by atoms with Crippen LogP contribution in [-0.2, 0) is 17.8 Å². The highest BCUT2D eigenvalue weighted by atomic mass is 32.2. The summed E-state index contributed by atoms with van der Waals surface area (Å²) in [6.45, 7) is 4.27. The number of piperazine rings is 1. The zero-order chi connectivity index (χ0) is 20.8. The molecular weight excluding hydrogens is 420 g/mol. The number of benzene rings is 1. The van der Waals surface area contributed by atoms with Gasteiger partial charge in [-0.2, -0.15) is 11.3 Å². The topological polar surface area (TPSA) is 71.7 Å². The van der Waals surface area contributed by atoms with E-state index >= 15 is 0 Å². The molecule has 158 valence electrons. The molecule has 0 aliphatic carbocycles. The monoisotopic (exact) mass is 444 g/mol. The SMILES string of the molecule is COc1ccccc1Cc1nnc(SCC(=O)N2CCN(Cc3ccsc3)CC2)o1. The lowest BCUT2D eigenvalue weighted by Gasteiger charge is -2.34. The molecular formula is C21H24N4O3S2. The zero-order valence-electron chi connectivity index (χ0n) is 16.8. The first kappa shape index (κ1) is 20.9. The number of amides is 1. The number of thiophene rings is 1. The van der Waals surface area contributed by atoms with Gasteiger partial charge < -0.3 is 14.1 Å². The lowest BCUT2D eigenvalue weighted by Crippen LogP contribution is -2.48. The van der Waals surface area contributed by atoms with Gasteiger partial charge in [0, 0.05) is 38.3 Å². The van der Waals surface area contributed by atoms with E-state index in [1.165, 1.54) is 17.3 Å². The van der Waals surface area contributed by atoms with Crippen molar-refractivity contribution in [3.8, 4) is 5.75 Å². The molecule has 9 heteroatoms. The lowest BCUT2D eigenvalue weighted by atomic mass is 10.1. The Morgan fingerprint density at radius 1 is 1.20 bits per heavy atom. The highest BCUT2D eigenvalue weighted by Crippen LogP contribution is 2.23. The second-order valence-electron chi connectivity index (χ2n) is 7.03. The van der Waals surface area contributed by atoms with Gasteiger partial charge in [-0.15, -0.1) is 10.2 Å². The molecule has 0 radical (unpaired) electrons. The van der Waals surface area contributed by atoms with E-state index in [-0.39, 0.29) is 5.91 Å². The van der Waals surface area contributed by atoms with Crippen LogP contribution in [0.4, 0.5) is 0 Å². The summed E-state index contributed by atoms with van der Waals surface area (Å²) >= 11 is 3.01. The molecule has 3 heterocycles. The minimum absolute atomic E-state index is 0.111. The quantitative estimate of drug-likeness (QED) is 0.494. The second kappa shape index (κ2) is 10.1. The summed E-state index contributed by atoms with van der Waals surface area (Å²) < 4.78 is 11.1. The van der Waals surface area contributed by atoms with Crippen molar-refractivity contribution in [2.75, 3.05) is 39.0 Å². The Morgan fingerprint density at radius 2 is 2.03 bits per heavy atom. The largest absolute Gasteiger partial charge is 0.496 e. The van der Waals surface area contributed by atoms with Gasteiger partial charge in [0.25, 0.3) is 5.22 Å². The van der Waals surface area contributed by atoms with Gasteiger partial charge in [-0.1, -0.05) is 30.0 Å². The number of methoxy groups -OCH3 is 1. The van der Waals surface area contributed by atoms with E-state index in [4.69, 9.17) is 9.15 Å². The molecule has 2 aromatic heterocycles. The first-order valence-electron chi connectivity index (χ1n) is 9.79. The number of carbonyl (C=O) groups excluding carboxylic acids is 1. The van der Waals surface area contributed by atoms with Gasteiger partial charge in [0.15, 0.2) is 0 Å². The van der Waals surface area contributed by atoms with Gasteiger partial charge in [-0.25, -0.2) is 0 Å². The number of nitrogens with zero attached hydrogens (tertiary/aromatic N) is 4. The summed E-state index contributed by atoms with van der Waals surface area (Å²) in [6, 6.07) is 9.90. The van der Waals surface area contributed by atoms with Gasteiger partial charge in [0.1, 0.15) is 5.75 Å². The molecule has 0 N–H and O–H groups in total. The summed E-state index contributed by atoms with van der Waals surface area (Å²) in [6.07, 6.45) is 0.498. The van der Waals surface area contributed by atoms with E-state index < -0.39 is 0 Å². The summed E-state index contributed by atoms with van der Waals surface area (Å²) in [5.74, 6) is 1.72. The standard InChI is InChI=1S/C21H24N4O3S2/c1-27-18-5-3-2-4-17(18)12-19-22-23-21(28-19)30-15-20(26)25-9-7-24(8-10-25)13-16-6-11-29-14-16/h2-6,11,14H,7-10,12-13,15H2,1H3. The van der Waals surface area contributed by atoms with E-state index in [0.717, 1.165) is 44.0 Å². The third-order valence-corrected chi connectivity index (χ3v) is 6.55. The smallest absolute Gasteiger partial charge is 0.277 e. The number of hydrogen-bond acceptors (Lipinski definition) is 8. The molecule has 1 fully saturated rings. The predicted octanol–water partition coefficient (Wildman–Crippen LogP) is 3.17. The highest BCUT2D eigenvalue weighted by Gasteiger charge is 2.22. The number of carbonyl (C=O) groups is 1. The van der Waals surface area contributed by atoms with Crippen molar-refractivity contribution >= 4 is 29.0 Å². The molecule has 1 saturated heterocycles. The Balaban J connectivity index is 1.23. The van der Waals surface area contributed by atoms with Crippen molar-refractivity contribution in [3.05, 3.63) is 58.1 Å². The van der Waals surface area contributed by atoms with Crippen LogP contribution < -0.4 is 4.74 Å². The Bertz CT molecular complexity index is 953. The molecule has 4 rings (SSSR count). The number of para-hydroxylation sites is 1. The van der Waals surface area contributed by atoms with Crippen LogP contribution >= 0.6 is 23.1 Å². The van der Waals surface area contributed by atoms with E-state index in [1.807, 2.05) is 29.2 Å². The second-order valence-corrected chi connectivity index (χ2v) is 8.73. The van der Waals surface area contributed by atoms with Gasteiger partial charge in [-0.3, -0.25) is 9.69 Å². The maximum Gasteiger partial charge on any atom is 0.277 e. The van der Waals surface area contributed by atoms with Gasteiger partial charge in [0.05, 0.1) is 19.3 Å². The van der Waals surface area contributed by atoms with Crippen LogP contribution in [0.1, 0.15) is 17.0 Å². The predicted molar refractivity (Wildman–Crippen MR) is 117 cm³/mol. The van der Waals surface area contributed by atoms with Crippen molar-refractivity contribution < 1.29 is 13.9 Å². The van der Waals surface area contributed by atoms with Crippen LogP contribution in [0, 0.1) is 0 Å². The van der Waals surface area contributed by atoms with Crippen molar-refractivity contribution in [2.24, 2.45) is 0 Å². The summed E-state index contributed by atoms with van der Waals surface area (Å²) in [5.41, 5.74) is 2.33. The Hall–Kier alpha value is -2.36. The molecule has 0 spiro atoms. The molecule has 0 unspecified atom stereocenters. The third-order valence-electron chi connectivity index (χ3n) is 5.01. The van der Waals surface area contributed by atoms with Gasteiger partial charge in [0.2, 0.25) is 11.8 Å². The Kier molecular flexibility index (Phi) is 7.03. The molecule has 1 aromatic carbocycles. The molecule has 0 saturated carbocycles. The molecule has 1 aliphatic heterocycles. The van der Waals surface area contributed by atoms with E-state index in [0.29, 0.717) is 23.3 Å². The summed E-state index contributed by atoms with van der Waals surface area (Å²) in [5, 5.41) is 12.9. The molecule has 1 amide bonds. The summed E-state index contributed by atoms with van der Waals surface area (Å²) in [4.78, 5) is 16.9. The number of rotatable bonds is 8. The van der Waals surface area contributed by atoms with Crippen LogP contribution in [0.2, 0.25) is 0 Å². The molecule has 7 nitrogen and oxygen atoms in total. The average molecular weight is 445 g/mol. The number of ether oxygens (including phenoxy) is 1. The van der Waals surface area contributed by atoms with Crippen molar-refractivity contribution in [1.82, 2.24) is 20.0 Å². The molecule has 30 heavy (non-hydrogen) atoms. The maximum absolute atomic E-state index is 12.6. The normalized spacial score (nSPS) is 14.8. The Labute approximate surface area is 184 Å². The molecule has 0 bridgehead atoms. The highest BCUT2D eigenvalue weighted by molar-refractivity contribution is 7.99. The van der Waals surface area contributed by atoms with E-state index in [9.17, 15) is 4.79 Å². The molecule has 0 atom stereocenters. The molecule has 3 aromatic rings. The lowest BCUT2D eigenvalue weighted by molar-refractivity contribution is -0.130. The first-order chi connectivity index (χ1) is 14.7. The van der Waals surface area contributed by atoms with Crippen LogP contribution in [-0.4, -0.2) is 64.9 Å². The van der Waals surface area contributed by atoms with Crippen molar-refractivity contribution in [3.63, 3.8) is 0 Å². The van der Waals surface area contributed by atoms with Crippen molar-refractivity contribution in [2.45, 2.75) is 18.2 Å². The minimum Gasteiger partial charge on any atom is -0.496 e. The van der Waals surface area contributed by atoms with Crippen LogP contribution in [0.5, 0.6) is 5.75 Å². The van der Waals surface area contributed by atoms with Gasteiger partial charge >= 0.3 is 0 Å². The van der Waals surface area contributed by atoms with Crippen LogP contribution in [0.15, 0.2) is 50.7 Å². The zero-order valence-corrected chi connectivity index (χ0v) is 18.5. The Morgan fingerprint density at radius 3 is 2.80 bits per heavy atom. The fourth-order valence-corrected chi connectivity index (χ4v) is 4.73. The molecule has 1 aliphatic rings. The van der Waals surface area contributed by atoms with Crippen LogP contribution in [0.25, 0.3) is 0 Å². The first-order valence-corrected chi connectivity index (χ1v) is 11.7. The van der Waals surface area contributed by atoms with Crippen LogP contribution in [0.3, 0.4) is 0 Å². The number of aromatic nitrogens is 2. The van der Waals surface area contributed by atoms with E-state index in [2.05, 4.69) is 31.9 Å². The third kappa shape index (κ3) is 5.41. The maximum atomic E-state index is 12.6. The van der Waals surface area contributed by atoms with Gasteiger partial charge in [-0.05, 0) is 28.5 Å². The number of thioether (sulfide) groups is 1. The fraction of sp³-hybridized carbons (Fsp3) is 0.381. The van der Waals surface area contributed by atoms with E-state index in [1.54, 1.807) is 18.4 Å². The summed E-state index contributed by atoms with van der Waals surface area (Å²) in [7, 11) is 1.64. The van der Waals surface area contributed by atoms with Crippen molar-refractivity contribution in [1.29, 1.82) is 0 Å². The minimum atomic E-state index is 0.111. The fourth-order valence-electron chi connectivity index (χ4n) is 3.39. The average Bonchev–Trinajstić information content (AvgIpc) is 3.45. The number of hydrogen-bond donors (Lipinski definition) is 0.